The number of piperidine rings is 1. The van der Waals surface area contributed by atoms with Gasteiger partial charge < -0.3 is 11.5 Å². The van der Waals surface area contributed by atoms with E-state index in [1.165, 1.54) is 95.2 Å². The Hall–Kier alpha value is -2.94. The maximum atomic E-state index is 12.4. The first kappa shape index (κ1) is 32.5. The van der Waals surface area contributed by atoms with Crippen molar-refractivity contribution in [2.45, 2.75) is 96.4 Å². The van der Waals surface area contributed by atoms with E-state index in [4.69, 9.17) is 11.5 Å². The molecule has 0 bridgehead atoms. The fourth-order valence-electron chi connectivity index (χ4n) is 17.6. The predicted octanol–water partition coefficient (Wildman–Crippen LogP) is 9.07. The van der Waals surface area contributed by atoms with Crippen molar-refractivity contribution < 1.29 is 9.85 Å². The van der Waals surface area contributed by atoms with Crippen molar-refractivity contribution in [3.8, 4) is 0 Å². The Morgan fingerprint density at radius 3 is 1.56 bits per heavy atom. The van der Waals surface area contributed by atoms with Crippen molar-refractivity contribution in [3.63, 3.8) is 0 Å². The molecule has 1 aliphatic heterocycles. The molecule has 2 aromatic carbocycles. The molecule has 0 aromatic heterocycles. The molecule has 10 unspecified atom stereocenters. The van der Waals surface area contributed by atoms with E-state index in [2.05, 4.69) is 4.90 Å². The molecule has 9 aliphatic rings. The van der Waals surface area contributed by atoms with Gasteiger partial charge in [-0.2, -0.15) is 0 Å². The summed E-state index contributed by atoms with van der Waals surface area (Å²) >= 11 is 0. The largest absolute Gasteiger partial charge is 0.398 e. The SMILES string of the molecule is Nc1cc([N+](=O)[O-])cc2c(CN3CC4CCC5C6CCC7C8CCCC9CCCC(C%10CCC(C%11CCC(C3)C4C5%11)C6C7%10)C98)c([N+](=O)[O-])cc(N)c12. The van der Waals surface area contributed by atoms with E-state index in [0.29, 0.717) is 34.7 Å². The number of nitro groups is 2. The van der Waals surface area contributed by atoms with Gasteiger partial charge in [0.15, 0.2) is 0 Å². The van der Waals surface area contributed by atoms with Gasteiger partial charge in [-0.3, -0.25) is 25.1 Å². The monoisotopic (exact) mass is 707 g/mol. The van der Waals surface area contributed by atoms with Gasteiger partial charge >= 0.3 is 0 Å². The minimum atomic E-state index is -0.475. The molecule has 11 rings (SSSR count). The van der Waals surface area contributed by atoms with Crippen molar-refractivity contribution in [3.05, 3.63) is 44.0 Å². The van der Waals surface area contributed by atoms with Gasteiger partial charge in [-0.05, 0) is 159 Å². The van der Waals surface area contributed by atoms with Crippen LogP contribution in [-0.2, 0) is 6.54 Å². The van der Waals surface area contributed by atoms with Crippen LogP contribution >= 0.6 is 0 Å². The molecule has 4 N–H and O–H groups in total. The van der Waals surface area contributed by atoms with Crippen LogP contribution in [0.4, 0.5) is 22.7 Å². The normalized spacial score (nSPS) is 45.7. The van der Waals surface area contributed by atoms with E-state index in [1.807, 2.05) is 0 Å². The predicted molar refractivity (Wildman–Crippen MR) is 202 cm³/mol. The summed E-state index contributed by atoms with van der Waals surface area (Å²) in [4.78, 5) is 25.9. The number of rotatable bonds is 4. The van der Waals surface area contributed by atoms with Crippen molar-refractivity contribution in [2.24, 2.45) is 94.7 Å². The lowest BCUT2D eigenvalue weighted by molar-refractivity contribution is -0.385. The quantitative estimate of drug-likeness (QED) is 0.183. The Kier molecular flexibility index (Phi) is 7.36. The number of anilines is 2. The Morgan fingerprint density at radius 1 is 0.558 bits per heavy atom. The topological polar surface area (TPSA) is 142 Å². The highest BCUT2D eigenvalue weighted by Crippen LogP contribution is 2.73. The Labute approximate surface area is 307 Å². The van der Waals surface area contributed by atoms with Gasteiger partial charge in [0.25, 0.3) is 11.4 Å². The molecule has 9 heteroatoms. The Balaban J connectivity index is 0.891. The summed E-state index contributed by atoms with van der Waals surface area (Å²) in [5, 5.41) is 25.2. The number of nitrogens with two attached hydrogens (primary N) is 2. The third-order valence-electron chi connectivity index (χ3n) is 18.5. The third-order valence-corrected chi connectivity index (χ3v) is 18.5. The molecule has 278 valence electrons. The number of benzene rings is 2. The first-order valence-electron chi connectivity index (χ1n) is 21.4. The van der Waals surface area contributed by atoms with Gasteiger partial charge in [-0.25, -0.2) is 0 Å². The standard InChI is InChI=1S/C43H57N5O4/c44-35-16-24(47(49)50)15-33-34(37(48(51)52)17-36(45)43(33)35)20-46-18-22-7-9-27-31-13-11-29-25-5-1-3-21-4-2-6-26(39(21)25)30-12-14-32(42(31)41(29)30)28-10-8-23(19-46)38(22)40(27)28/h15-17,21-23,25-32,38-42H,1-14,18-20,44-45H2. The van der Waals surface area contributed by atoms with Gasteiger partial charge in [-0.1, -0.05) is 25.7 Å². The number of fused-ring (bicyclic) bond motifs is 5. The molecule has 8 saturated carbocycles. The van der Waals surface area contributed by atoms with E-state index >= 15 is 0 Å². The lowest BCUT2D eigenvalue weighted by atomic mass is 9.34. The summed E-state index contributed by atoms with van der Waals surface area (Å²) < 4.78 is 0. The van der Waals surface area contributed by atoms with E-state index in [9.17, 15) is 20.2 Å². The first-order valence-corrected chi connectivity index (χ1v) is 21.4. The highest BCUT2D eigenvalue weighted by Gasteiger charge is 2.66. The van der Waals surface area contributed by atoms with Crippen molar-refractivity contribution in [2.75, 3.05) is 24.6 Å². The summed E-state index contributed by atoms with van der Waals surface area (Å²) in [5.41, 5.74) is 13.3. The Morgan fingerprint density at radius 2 is 1.04 bits per heavy atom. The van der Waals surface area contributed by atoms with Gasteiger partial charge in [0.05, 0.1) is 15.4 Å². The van der Waals surface area contributed by atoms with E-state index in [1.54, 1.807) is 12.8 Å². The number of hydrogen-bond acceptors (Lipinski definition) is 7. The summed E-state index contributed by atoms with van der Waals surface area (Å²) in [7, 11) is 0. The molecular formula is C43H57N5O4. The number of hydrogen-bond donors (Lipinski definition) is 2. The Bertz CT molecular complexity index is 1760. The number of non-ortho nitro benzene ring substituents is 1. The highest BCUT2D eigenvalue weighted by molar-refractivity contribution is 6.06. The molecule has 9 nitrogen and oxygen atoms in total. The molecule has 2 aromatic rings. The van der Waals surface area contributed by atoms with Crippen LogP contribution in [0.3, 0.4) is 0 Å². The maximum Gasteiger partial charge on any atom is 0.276 e. The van der Waals surface area contributed by atoms with Crippen molar-refractivity contribution in [1.82, 2.24) is 4.90 Å². The minimum Gasteiger partial charge on any atom is -0.398 e. The maximum absolute atomic E-state index is 12.4. The van der Waals surface area contributed by atoms with Crippen LogP contribution in [0.5, 0.6) is 0 Å². The molecule has 52 heavy (non-hydrogen) atoms. The number of likely N-dealkylation sites (tertiary alicyclic amines) is 1. The van der Waals surface area contributed by atoms with Crippen LogP contribution < -0.4 is 11.5 Å². The average Bonchev–Trinajstić information content (AvgIpc) is 3.14. The second-order valence-electron chi connectivity index (χ2n) is 19.8. The molecule has 8 aliphatic carbocycles. The van der Waals surface area contributed by atoms with Crippen LogP contribution in [0.25, 0.3) is 10.8 Å². The summed E-state index contributed by atoms with van der Waals surface area (Å²) in [6.07, 6.45) is 20.6. The number of nitrogens with zero attached hydrogens (tertiary/aromatic N) is 3. The van der Waals surface area contributed by atoms with Crippen LogP contribution in [0, 0.1) is 115 Å². The first-order chi connectivity index (χ1) is 25.3. The molecule has 1 heterocycles. The smallest absolute Gasteiger partial charge is 0.276 e. The summed E-state index contributed by atoms with van der Waals surface area (Å²) in [6, 6.07) is 4.18. The van der Waals surface area contributed by atoms with E-state index < -0.39 is 4.92 Å². The zero-order chi connectivity index (χ0) is 35.2. The van der Waals surface area contributed by atoms with Gasteiger partial charge in [-0.15, -0.1) is 0 Å². The van der Waals surface area contributed by atoms with E-state index in [0.717, 1.165) is 95.9 Å². The molecular weight excluding hydrogens is 651 g/mol. The summed E-state index contributed by atoms with van der Waals surface area (Å²) in [6.45, 7) is 2.32. The van der Waals surface area contributed by atoms with Gasteiger partial charge in [0, 0.05) is 60.0 Å². The zero-order valence-electron chi connectivity index (χ0n) is 30.6. The molecule has 0 radical (unpaired) electrons. The number of nitro benzene ring substituents is 2. The third kappa shape index (κ3) is 4.49. The van der Waals surface area contributed by atoms with Crippen LogP contribution in [0.1, 0.15) is 95.5 Å². The second-order valence-corrected chi connectivity index (χ2v) is 19.8. The molecule has 0 spiro atoms. The average molecular weight is 708 g/mol. The fourth-order valence-corrected chi connectivity index (χ4v) is 17.6. The van der Waals surface area contributed by atoms with Crippen molar-refractivity contribution in [1.29, 1.82) is 0 Å². The molecule has 1 saturated heterocycles. The van der Waals surface area contributed by atoms with Gasteiger partial charge in [0.2, 0.25) is 0 Å². The minimum absolute atomic E-state index is 0.0602. The lowest BCUT2D eigenvalue weighted by Gasteiger charge is -2.71. The van der Waals surface area contributed by atoms with Crippen molar-refractivity contribution >= 4 is 33.5 Å². The van der Waals surface area contributed by atoms with Crippen LogP contribution in [0.15, 0.2) is 18.2 Å². The van der Waals surface area contributed by atoms with E-state index in [-0.39, 0.29) is 27.7 Å². The molecule has 0 amide bonds. The van der Waals surface area contributed by atoms with Crippen LogP contribution in [-0.4, -0.2) is 27.8 Å². The molecule has 10 atom stereocenters. The highest BCUT2D eigenvalue weighted by atomic mass is 16.6. The van der Waals surface area contributed by atoms with Crippen LogP contribution in [0.2, 0.25) is 0 Å². The molecule has 9 fully saturated rings. The second kappa shape index (κ2) is 11.8. The number of nitrogen functional groups attached to an aromatic ring is 2. The van der Waals surface area contributed by atoms with Gasteiger partial charge in [0.1, 0.15) is 0 Å². The fraction of sp³-hybridized carbons (Fsp3) is 0.767. The lowest BCUT2D eigenvalue weighted by Crippen LogP contribution is -2.66. The summed E-state index contributed by atoms with van der Waals surface area (Å²) in [5.74, 6) is 15.0. The zero-order valence-corrected chi connectivity index (χ0v) is 30.6.